The molecule has 2 fully saturated rings. The molecule has 4 N–H and O–H groups in total. The lowest BCUT2D eigenvalue weighted by molar-refractivity contribution is -0.197. The van der Waals surface area contributed by atoms with Crippen molar-refractivity contribution in [3.05, 3.63) is 72.6 Å². The van der Waals surface area contributed by atoms with Gasteiger partial charge in [-0.2, -0.15) is 0 Å². The van der Waals surface area contributed by atoms with Gasteiger partial charge in [0, 0.05) is 27.2 Å². The molecule has 16 heteroatoms. The Morgan fingerprint density at radius 3 is 1.82 bits per heavy atom. The van der Waals surface area contributed by atoms with Crippen LogP contribution in [0, 0.1) is 5.92 Å². The van der Waals surface area contributed by atoms with E-state index in [0.717, 1.165) is 46.5 Å². The fraction of sp³-hybridized carbons (Fsp3) is 0.436. The number of methoxy groups -OCH3 is 4. The van der Waals surface area contributed by atoms with Gasteiger partial charge in [0.05, 0.1) is 56.6 Å². The third-order valence-corrected chi connectivity index (χ3v) is 10.4. The Bertz CT molecular complexity index is 1970. The molecule has 0 saturated carbocycles. The Morgan fingerprint density at radius 2 is 1.31 bits per heavy atom. The lowest BCUT2D eigenvalue weighted by Crippen LogP contribution is -2.52. The van der Waals surface area contributed by atoms with Gasteiger partial charge in [-0.15, -0.1) is 0 Å². The number of ether oxygens (including phenoxy) is 4. The summed E-state index contributed by atoms with van der Waals surface area (Å²) in [5.74, 6) is -0.442. The molecule has 3 atom stereocenters. The van der Waals surface area contributed by atoms with Crippen molar-refractivity contribution in [1.29, 1.82) is 0 Å². The van der Waals surface area contributed by atoms with Gasteiger partial charge < -0.3 is 49.3 Å². The first-order chi connectivity index (χ1) is 26.5. The van der Waals surface area contributed by atoms with E-state index in [-0.39, 0.29) is 36.9 Å². The van der Waals surface area contributed by atoms with Crippen LogP contribution in [0.3, 0.4) is 0 Å². The third kappa shape index (κ3) is 8.34. The number of nitrogens with zero attached hydrogens (tertiary/aromatic N) is 4. The Morgan fingerprint density at radius 1 is 0.782 bits per heavy atom. The highest BCUT2D eigenvalue weighted by molar-refractivity contribution is 5.86. The molecule has 4 heterocycles. The smallest absolute Gasteiger partial charge is 0.407 e. The first kappa shape index (κ1) is 39.0. The van der Waals surface area contributed by atoms with Gasteiger partial charge in [0.2, 0.25) is 11.8 Å². The number of carbonyl (C=O) groups excluding carboxylic acids is 4. The van der Waals surface area contributed by atoms with Crippen LogP contribution in [-0.4, -0.2) is 114 Å². The van der Waals surface area contributed by atoms with E-state index in [1.165, 1.54) is 14.2 Å². The van der Waals surface area contributed by atoms with Gasteiger partial charge in [-0.05, 0) is 41.0 Å². The molecule has 292 valence electrons. The number of alkyl carbamates (subject to hydrolysis) is 2. The number of rotatable bonds is 12. The van der Waals surface area contributed by atoms with Crippen LogP contribution in [0.4, 0.5) is 9.59 Å². The maximum absolute atomic E-state index is 13.9. The molecule has 4 aromatic rings. The number of hydrogen-bond acceptors (Lipinski definition) is 10. The minimum absolute atomic E-state index is 0.133. The minimum atomic E-state index is -1.04. The van der Waals surface area contributed by atoms with Crippen molar-refractivity contribution in [2.24, 2.45) is 5.92 Å². The predicted molar refractivity (Wildman–Crippen MR) is 201 cm³/mol. The number of aromatic amines is 2. The molecule has 0 radical (unpaired) electrons. The van der Waals surface area contributed by atoms with E-state index in [1.54, 1.807) is 36.4 Å². The number of carbonyl (C=O) groups is 4. The van der Waals surface area contributed by atoms with Gasteiger partial charge >= 0.3 is 12.2 Å². The third-order valence-electron chi connectivity index (χ3n) is 10.4. The largest absolute Gasteiger partial charge is 0.453 e. The van der Waals surface area contributed by atoms with E-state index in [1.807, 2.05) is 62.4 Å². The molecule has 16 nitrogen and oxygen atoms in total. The van der Waals surface area contributed by atoms with Crippen molar-refractivity contribution >= 4 is 24.0 Å². The van der Waals surface area contributed by atoms with Crippen molar-refractivity contribution in [2.45, 2.75) is 57.0 Å². The summed E-state index contributed by atoms with van der Waals surface area (Å²) >= 11 is 0. The number of imidazole rings is 2. The first-order valence-corrected chi connectivity index (χ1v) is 18.2. The van der Waals surface area contributed by atoms with Crippen LogP contribution in [-0.2, 0) is 28.5 Å². The van der Waals surface area contributed by atoms with Gasteiger partial charge in [0.15, 0.2) is 5.79 Å². The van der Waals surface area contributed by atoms with Gasteiger partial charge in [-0.1, -0.05) is 62.4 Å². The molecule has 2 unspecified atom stereocenters. The van der Waals surface area contributed by atoms with Gasteiger partial charge in [-0.25, -0.2) is 19.6 Å². The second-order valence-corrected chi connectivity index (χ2v) is 14.0. The van der Waals surface area contributed by atoms with Crippen molar-refractivity contribution < 1.29 is 38.1 Å². The summed E-state index contributed by atoms with van der Waals surface area (Å²) in [5.41, 5.74) is 5.55. The van der Waals surface area contributed by atoms with E-state index >= 15 is 0 Å². The normalized spacial score (nSPS) is 18.3. The summed E-state index contributed by atoms with van der Waals surface area (Å²) in [6, 6.07) is 14.7. The van der Waals surface area contributed by atoms with Crippen LogP contribution in [0.2, 0.25) is 0 Å². The molecule has 0 spiro atoms. The molecule has 2 aliphatic rings. The summed E-state index contributed by atoms with van der Waals surface area (Å²) in [5, 5.41) is 5.13. The number of H-pyrrole nitrogens is 2. The fourth-order valence-corrected chi connectivity index (χ4v) is 7.23. The number of hydrogen-bond donors (Lipinski definition) is 4. The lowest BCUT2D eigenvalue weighted by Gasteiger charge is -2.30. The summed E-state index contributed by atoms with van der Waals surface area (Å²) in [7, 11) is 5.61. The Balaban J connectivity index is 1.14. The fourth-order valence-electron chi connectivity index (χ4n) is 7.23. The highest BCUT2D eigenvalue weighted by Crippen LogP contribution is 2.40. The van der Waals surface area contributed by atoms with Crippen molar-refractivity contribution in [3.63, 3.8) is 0 Å². The highest BCUT2D eigenvalue weighted by Gasteiger charge is 2.50. The predicted octanol–water partition coefficient (Wildman–Crippen LogP) is 4.80. The molecule has 2 saturated heterocycles. The molecule has 0 bridgehead atoms. The monoisotopic (exact) mass is 756 g/mol. The molecule has 2 aromatic heterocycles. The first-order valence-electron chi connectivity index (χ1n) is 18.2. The Hall–Kier alpha value is -5.74. The molecule has 55 heavy (non-hydrogen) atoms. The molecular weight excluding hydrogens is 708 g/mol. The molecule has 2 aromatic carbocycles. The zero-order valence-corrected chi connectivity index (χ0v) is 31.9. The maximum Gasteiger partial charge on any atom is 0.407 e. The molecular formula is C39H48N8O8. The number of likely N-dealkylation sites (tertiary alicyclic amines) is 2. The van der Waals surface area contributed by atoms with Crippen molar-refractivity contribution in [3.8, 4) is 33.6 Å². The second kappa shape index (κ2) is 16.7. The van der Waals surface area contributed by atoms with E-state index in [4.69, 9.17) is 14.2 Å². The standard InChI is InChI=1S/C39H48N8O8/c1-23(2)33(45-38(51)53-4)36(49)47-22-39(54-5,55-6)18-31(47)35-41-20-29(44-35)27-15-11-25(12-16-27)24-9-13-26(14-10-24)28-19-40-34(43-28)30-8-7-17-46(30)32(48)21-42-37(50)52-3/h9-16,19-20,23,30-31,33H,7-8,17-18,21-22H2,1-6H3,(H,40,43)(H,41,44)(H,42,50)(H,45,51)/t30?,31-,33?/m0/s1. The van der Waals surface area contributed by atoms with Crippen LogP contribution < -0.4 is 10.6 Å². The SMILES string of the molecule is COC(=O)NCC(=O)N1CCCC1c1ncc(-c2ccc(-c3ccc(-c4cnc([C@@H]5CC(OC)(OC)CN5C(=O)C(NC(=O)OC)C(C)C)[nH]4)cc3)cc2)[nH]1. The number of benzene rings is 2. The number of amides is 4. The number of nitrogens with one attached hydrogen (secondary N) is 4. The highest BCUT2D eigenvalue weighted by atomic mass is 16.7. The minimum Gasteiger partial charge on any atom is -0.453 e. The van der Waals surface area contributed by atoms with Crippen LogP contribution >= 0.6 is 0 Å². The van der Waals surface area contributed by atoms with Crippen LogP contribution in [0.5, 0.6) is 0 Å². The maximum atomic E-state index is 13.9. The molecule has 0 aliphatic carbocycles. The quantitative estimate of drug-likeness (QED) is 0.146. The average molecular weight is 757 g/mol. The lowest BCUT2D eigenvalue weighted by atomic mass is 10.0. The second-order valence-electron chi connectivity index (χ2n) is 14.0. The summed E-state index contributed by atoms with van der Waals surface area (Å²) < 4.78 is 20.9. The van der Waals surface area contributed by atoms with Gasteiger partial charge in [0.25, 0.3) is 0 Å². The summed E-state index contributed by atoms with van der Waals surface area (Å²) in [4.78, 5) is 69.7. The summed E-state index contributed by atoms with van der Waals surface area (Å²) in [6.07, 6.45) is 4.15. The van der Waals surface area contributed by atoms with Crippen LogP contribution in [0.25, 0.3) is 33.6 Å². The van der Waals surface area contributed by atoms with Crippen molar-refractivity contribution in [1.82, 2.24) is 40.4 Å². The van der Waals surface area contributed by atoms with Crippen LogP contribution in [0.15, 0.2) is 60.9 Å². The van der Waals surface area contributed by atoms with E-state index < -0.39 is 30.1 Å². The zero-order chi connectivity index (χ0) is 39.3. The molecule has 6 rings (SSSR count). The number of aromatic nitrogens is 4. The zero-order valence-electron chi connectivity index (χ0n) is 31.9. The Labute approximate surface area is 319 Å². The van der Waals surface area contributed by atoms with Gasteiger partial charge in [-0.3, -0.25) is 9.59 Å². The average Bonchev–Trinajstić information content (AvgIpc) is 4.05. The molecule has 2 aliphatic heterocycles. The Kier molecular flexibility index (Phi) is 11.9. The van der Waals surface area contributed by atoms with Crippen molar-refractivity contribution in [2.75, 3.05) is 48.1 Å². The van der Waals surface area contributed by atoms with Gasteiger partial charge in [0.1, 0.15) is 24.2 Å². The van der Waals surface area contributed by atoms with Crippen LogP contribution in [0.1, 0.15) is 56.8 Å². The topological polar surface area (TPSA) is 193 Å². The van der Waals surface area contributed by atoms with E-state index in [9.17, 15) is 19.2 Å². The van der Waals surface area contributed by atoms with E-state index in [0.29, 0.717) is 24.6 Å². The molecule has 4 amide bonds. The van der Waals surface area contributed by atoms with E-state index in [2.05, 4.69) is 35.3 Å². The summed E-state index contributed by atoms with van der Waals surface area (Å²) in [6.45, 7) is 4.32.